The van der Waals surface area contributed by atoms with Crippen LogP contribution in [0.2, 0.25) is 0 Å². The molecule has 98 valence electrons. The quantitative estimate of drug-likeness (QED) is 0.933. The first kappa shape index (κ1) is 12.3. The Bertz CT molecular complexity index is 525. The molecule has 0 aromatic carbocycles. The minimum atomic E-state index is 0.169. The summed E-state index contributed by atoms with van der Waals surface area (Å²) in [5.74, 6) is 3.55. The predicted octanol–water partition coefficient (Wildman–Crippen LogP) is 1.84. The van der Waals surface area contributed by atoms with Crippen molar-refractivity contribution in [2.24, 2.45) is 5.73 Å². The lowest BCUT2D eigenvalue weighted by Crippen LogP contribution is -2.34. The Balaban J connectivity index is 2.00. The van der Waals surface area contributed by atoms with Gasteiger partial charge < -0.3 is 10.6 Å². The molecule has 0 spiro atoms. The molecule has 18 heavy (non-hydrogen) atoms. The van der Waals surface area contributed by atoms with Crippen LogP contribution in [-0.2, 0) is 6.42 Å². The van der Waals surface area contributed by atoms with Crippen LogP contribution in [0.1, 0.15) is 12.6 Å². The fourth-order valence-corrected chi connectivity index (χ4v) is 3.98. The van der Waals surface area contributed by atoms with E-state index in [1.807, 2.05) is 11.8 Å². The van der Waals surface area contributed by atoms with Gasteiger partial charge in [0.1, 0.15) is 0 Å². The first-order valence-corrected chi connectivity index (χ1v) is 8.32. The van der Waals surface area contributed by atoms with Crippen LogP contribution in [0, 0.1) is 0 Å². The van der Waals surface area contributed by atoms with Gasteiger partial charge in [-0.15, -0.1) is 11.3 Å². The van der Waals surface area contributed by atoms with Gasteiger partial charge in [-0.25, -0.2) is 4.98 Å². The molecular weight excluding hydrogens is 264 g/mol. The molecular formula is C12H18N4S2. The van der Waals surface area contributed by atoms with Crippen LogP contribution in [-0.4, -0.2) is 40.0 Å². The van der Waals surface area contributed by atoms with Gasteiger partial charge in [-0.2, -0.15) is 11.8 Å². The third-order valence-electron chi connectivity index (χ3n) is 3.17. The molecule has 0 aliphatic carbocycles. The van der Waals surface area contributed by atoms with E-state index in [4.69, 9.17) is 10.7 Å². The largest absolute Gasteiger partial charge is 0.353 e. The average molecular weight is 282 g/mol. The van der Waals surface area contributed by atoms with Crippen molar-refractivity contribution < 1.29 is 0 Å². The summed E-state index contributed by atoms with van der Waals surface area (Å²) in [6.45, 7) is 4.25. The van der Waals surface area contributed by atoms with Crippen molar-refractivity contribution in [2.75, 3.05) is 29.5 Å². The van der Waals surface area contributed by atoms with E-state index in [0.29, 0.717) is 0 Å². The minimum Gasteiger partial charge on any atom is -0.353 e. The smallest absolute Gasteiger partial charge is 0.195 e. The summed E-state index contributed by atoms with van der Waals surface area (Å²) in [5, 5.41) is 2.09. The lowest BCUT2D eigenvalue weighted by Gasteiger charge is -2.27. The van der Waals surface area contributed by atoms with Crippen LogP contribution in [0.4, 0.5) is 5.82 Å². The number of imidazole rings is 1. The van der Waals surface area contributed by atoms with Gasteiger partial charge in [0.05, 0.1) is 5.69 Å². The molecule has 1 saturated heterocycles. The van der Waals surface area contributed by atoms with Gasteiger partial charge in [0.25, 0.3) is 0 Å². The number of nitrogens with zero attached hydrogens (tertiary/aromatic N) is 3. The molecule has 6 heteroatoms. The summed E-state index contributed by atoms with van der Waals surface area (Å²) >= 11 is 3.72. The van der Waals surface area contributed by atoms with Crippen molar-refractivity contribution in [1.29, 1.82) is 0 Å². The summed E-state index contributed by atoms with van der Waals surface area (Å²) in [7, 11) is 0. The molecule has 1 unspecified atom stereocenters. The molecule has 1 fully saturated rings. The molecule has 4 nitrogen and oxygen atoms in total. The third kappa shape index (κ3) is 2.24. The summed E-state index contributed by atoms with van der Waals surface area (Å²) < 4.78 is 2.20. The molecule has 0 radical (unpaired) electrons. The van der Waals surface area contributed by atoms with Gasteiger partial charge >= 0.3 is 0 Å². The molecule has 0 saturated carbocycles. The second-order valence-corrected chi connectivity index (χ2v) is 6.82. The first-order chi connectivity index (χ1) is 8.75. The fourth-order valence-electron chi connectivity index (χ4n) is 2.34. The van der Waals surface area contributed by atoms with E-state index in [1.54, 1.807) is 11.3 Å². The standard InChI is InChI=1S/C12H18N4S2/c1-9(13)8-10-11(15-2-5-17-6-3-15)14-12-16(10)4-7-18-12/h4,7,9H,2-3,5-6,8,13H2,1H3. The second kappa shape index (κ2) is 5.11. The van der Waals surface area contributed by atoms with Gasteiger partial charge in [0, 0.05) is 48.6 Å². The van der Waals surface area contributed by atoms with Gasteiger partial charge in [-0.1, -0.05) is 0 Å². The fraction of sp³-hybridized carbons (Fsp3) is 0.583. The normalized spacial score (nSPS) is 18.4. The number of fused-ring (bicyclic) bond motifs is 1. The molecule has 2 N–H and O–H groups in total. The average Bonchev–Trinajstić information content (AvgIpc) is 2.93. The molecule has 3 heterocycles. The maximum Gasteiger partial charge on any atom is 0.195 e. The second-order valence-electron chi connectivity index (χ2n) is 4.72. The van der Waals surface area contributed by atoms with Gasteiger partial charge in [-0.05, 0) is 6.92 Å². The molecule has 2 aromatic heterocycles. The van der Waals surface area contributed by atoms with Crippen LogP contribution in [0.25, 0.3) is 4.96 Å². The highest BCUT2D eigenvalue weighted by molar-refractivity contribution is 7.99. The SMILES string of the molecule is CC(N)Cc1c(N2CCSCC2)nc2sccn12. The number of aromatic nitrogens is 2. The molecule has 0 amide bonds. The van der Waals surface area contributed by atoms with E-state index in [-0.39, 0.29) is 6.04 Å². The highest BCUT2D eigenvalue weighted by Crippen LogP contribution is 2.27. The van der Waals surface area contributed by atoms with Crippen molar-refractivity contribution in [2.45, 2.75) is 19.4 Å². The summed E-state index contributed by atoms with van der Waals surface area (Å²) in [4.78, 5) is 8.28. The van der Waals surface area contributed by atoms with Crippen LogP contribution >= 0.6 is 23.1 Å². The summed E-state index contributed by atoms with van der Waals surface area (Å²) in [6.07, 6.45) is 2.99. The zero-order valence-corrected chi connectivity index (χ0v) is 12.1. The molecule has 2 aromatic rings. The number of anilines is 1. The molecule has 3 rings (SSSR count). The topological polar surface area (TPSA) is 46.6 Å². The van der Waals surface area contributed by atoms with Crippen molar-refractivity contribution >= 4 is 33.9 Å². The lowest BCUT2D eigenvalue weighted by atomic mass is 10.2. The third-order valence-corrected chi connectivity index (χ3v) is 4.86. The minimum absolute atomic E-state index is 0.169. The van der Waals surface area contributed by atoms with Gasteiger partial charge in [-0.3, -0.25) is 4.40 Å². The Kier molecular flexibility index (Phi) is 3.50. The summed E-state index contributed by atoms with van der Waals surface area (Å²) in [5.41, 5.74) is 7.25. The Morgan fingerprint density at radius 3 is 2.94 bits per heavy atom. The maximum absolute atomic E-state index is 5.98. The molecule has 1 aliphatic rings. The van der Waals surface area contributed by atoms with Gasteiger partial charge in [0.2, 0.25) is 0 Å². The monoisotopic (exact) mass is 282 g/mol. The zero-order chi connectivity index (χ0) is 12.5. The Hall–Kier alpha value is -0.720. The highest BCUT2D eigenvalue weighted by atomic mass is 32.2. The van der Waals surface area contributed by atoms with E-state index in [1.165, 1.54) is 17.2 Å². The predicted molar refractivity (Wildman–Crippen MR) is 80.0 cm³/mol. The van der Waals surface area contributed by atoms with E-state index < -0.39 is 0 Å². The van der Waals surface area contributed by atoms with Crippen molar-refractivity contribution in [3.8, 4) is 0 Å². The number of rotatable bonds is 3. The van der Waals surface area contributed by atoms with Crippen LogP contribution < -0.4 is 10.6 Å². The summed E-state index contributed by atoms with van der Waals surface area (Å²) in [6, 6.07) is 0.169. The zero-order valence-electron chi connectivity index (χ0n) is 10.5. The Labute approximate surface area is 115 Å². The molecule has 0 bridgehead atoms. The van der Waals surface area contributed by atoms with E-state index in [9.17, 15) is 0 Å². The molecule has 1 atom stereocenters. The van der Waals surface area contributed by atoms with Crippen LogP contribution in [0.15, 0.2) is 11.6 Å². The lowest BCUT2D eigenvalue weighted by molar-refractivity contribution is 0.711. The number of hydrogen-bond donors (Lipinski definition) is 1. The van der Waals surface area contributed by atoms with E-state index >= 15 is 0 Å². The van der Waals surface area contributed by atoms with Crippen molar-refractivity contribution in [1.82, 2.24) is 9.38 Å². The van der Waals surface area contributed by atoms with E-state index in [2.05, 4.69) is 27.8 Å². The Morgan fingerprint density at radius 1 is 1.44 bits per heavy atom. The maximum atomic E-state index is 5.98. The van der Waals surface area contributed by atoms with E-state index in [0.717, 1.165) is 30.3 Å². The van der Waals surface area contributed by atoms with Crippen molar-refractivity contribution in [3.05, 3.63) is 17.3 Å². The van der Waals surface area contributed by atoms with Crippen LogP contribution in [0.3, 0.4) is 0 Å². The first-order valence-electron chi connectivity index (χ1n) is 6.28. The number of hydrogen-bond acceptors (Lipinski definition) is 5. The van der Waals surface area contributed by atoms with Gasteiger partial charge in [0.15, 0.2) is 10.8 Å². The number of thioether (sulfide) groups is 1. The highest BCUT2D eigenvalue weighted by Gasteiger charge is 2.21. The number of thiazole rings is 1. The Morgan fingerprint density at radius 2 is 2.22 bits per heavy atom. The number of nitrogens with two attached hydrogens (primary N) is 1. The van der Waals surface area contributed by atoms with Crippen molar-refractivity contribution in [3.63, 3.8) is 0 Å². The van der Waals surface area contributed by atoms with Crippen LogP contribution in [0.5, 0.6) is 0 Å². The molecule has 1 aliphatic heterocycles.